The Kier molecular flexibility index (Phi) is 4.60. The minimum Gasteiger partial charge on any atom is -0.323 e. The summed E-state index contributed by atoms with van der Waals surface area (Å²) >= 11 is 4.24. The van der Waals surface area contributed by atoms with Crippen LogP contribution in [-0.2, 0) is 4.79 Å². The lowest BCUT2D eigenvalue weighted by Crippen LogP contribution is -2.14. The van der Waals surface area contributed by atoms with E-state index >= 15 is 0 Å². The highest BCUT2D eigenvalue weighted by atomic mass is 32.2. The number of benzene rings is 1. The van der Waals surface area contributed by atoms with Crippen LogP contribution >= 0.6 is 34.8 Å². The molecular formula is C17H15N5OS3. The predicted molar refractivity (Wildman–Crippen MR) is 108 cm³/mol. The second-order valence-electron chi connectivity index (χ2n) is 5.81. The van der Waals surface area contributed by atoms with E-state index in [0.717, 1.165) is 43.8 Å². The monoisotopic (exact) mass is 401 g/mol. The number of nitrogens with one attached hydrogen (secondary N) is 1. The van der Waals surface area contributed by atoms with Gasteiger partial charge in [0, 0.05) is 10.3 Å². The zero-order chi connectivity index (χ0) is 18.3. The highest BCUT2D eigenvalue weighted by Gasteiger charge is 2.16. The Balaban J connectivity index is 1.55. The molecule has 0 saturated carbocycles. The normalized spacial score (nSPS) is 11.3. The summed E-state index contributed by atoms with van der Waals surface area (Å²) in [4.78, 5) is 23.7. The molecule has 6 nitrogen and oxygen atoms in total. The summed E-state index contributed by atoms with van der Waals surface area (Å²) in [6.45, 7) is 6.04. The number of carbonyl (C=O) groups is 1. The number of nitrogens with zero attached hydrogens (tertiary/aromatic N) is 4. The van der Waals surface area contributed by atoms with Crippen LogP contribution in [0.15, 0.2) is 23.2 Å². The van der Waals surface area contributed by atoms with Crippen LogP contribution in [0.4, 0.5) is 5.69 Å². The molecule has 0 aliphatic carbocycles. The van der Waals surface area contributed by atoms with Crippen molar-refractivity contribution in [1.82, 2.24) is 18.7 Å². The molecule has 9 heteroatoms. The number of fused-ring (bicyclic) bond motifs is 2. The Labute approximate surface area is 162 Å². The molecule has 0 saturated heterocycles. The van der Waals surface area contributed by atoms with Gasteiger partial charge in [-0.1, -0.05) is 17.8 Å². The Morgan fingerprint density at radius 2 is 2.04 bits per heavy atom. The number of amides is 1. The van der Waals surface area contributed by atoms with E-state index in [1.807, 2.05) is 25.1 Å². The molecule has 0 radical (unpaired) electrons. The highest BCUT2D eigenvalue weighted by molar-refractivity contribution is 8.00. The molecule has 3 heterocycles. The van der Waals surface area contributed by atoms with Crippen LogP contribution in [0.2, 0.25) is 0 Å². The fourth-order valence-corrected chi connectivity index (χ4v) is 5.27. The second-order valence-corrected chi connectivity index (χ2v) is 8.51. The minimum atomic E-state index is -0.0930. The van der Waals surface area contributed by atoms with Crippen LogP contribution < -0.4 is 5.32 Å². The summed E-state index contributed by atoms with van der Waals surface area (Å²) in [5, 5.41) is 4.84. The third-order valence-corrected chi connectivity index (χ3v) is 6.63. The fraction of sp³-hybridized carbons (Fsp3) is 0.235. The van der Waals surface area contributed by atoms with E-state index in [0.29, 0.717) is 5.69 Å². The van der Waals surface area contributed by atoms with Crippen molar-refractivity contribution >= 4 is 67.7 Å². The molecule has 1 N–H and O–H groups in total. The molecule has 0 aliphatic heterocycles. The van der Waals surface area contributed by atoms with Gasteiger partial charge in [0.2, 0.25) is 5.91 Å². The Morgan fingerprint density at radius 1 is 1.19 bits per heavy atom. The molecule has 26 heavy (non-hydrogen) atoms. The summed E-state index contributed by atoms with van der Waals surface area (Å²) < 4.78 is 8.44. The van der Waals surface area contributed by atoms with Crippen molar-refractivity contribution in [2.45, 2.75) is 25.8 Å². The van der Waals surface area contributed by atoms with E-state index in [1.54, 1.807) is 11.3 Å². The number of aryl methyl sites for hydroxylation is 3. The van der Waals surface area contributed by atoms with Crippen LogP contribution in [0.5, 0.6) is 0 Å². The first kappa shape index (κ1) is 17.3. The fourth-order valence-electron chi connectivity index (χ4n) is 2.65. The molecule has 0 unspecified atom stereocenters. The van der Waals surface area contributed by atoms with Crippen molar-refractivity contribution in [3.63, 3.8) is 0 Å². The molecule has 4 aromatic rings. The number of thioether (sulfide) groups is 1. The molecule has 132 valence electrons. The van der Waals surface area contributed by atoms with E-state index < -0.39 is 0 Å². The van der Waals surface area contributed by atoms with Crippen molar-refractivity contribution < 1.29 is 4.79 Å². The number of hydrogen-bond acceptors (Lipinski definition) is 8. The van der Waals surface area contributed by atoms with E-state index in [-0.39, 0.29) is 11.7 Å². The van der Waals surface area contributed by atoms with Crippen molar-refractivity contribution in [3.8, 4) is 0 Å². The van der Waals surface area contributed by atoms with Crippen LogP contribution in [0.3, 0.4) is 0 Å². The smallest absolute Gasteiger partial charge is 0.234 e. The maximum absolute atomic E-state index is 12.4. The zero-order valence-corrected chi connectivity index (χ0v) is 16.8. The number of aromatic nitrogens is 4. The lowest BCUT2D eigenvalue weighted by Gasteiger charge is -2.07. The molecule has 1 amide bonds. The lowest BCUT2D eigenvalue weighted by molar-refractivity contribution is -0.113. The third kappa shape index (κ3) is 3.17. The van der Waals surface area contributed by atoms with E-state index in [9.17, 15) is 4.79 Å². The maximum Gasteiger partial charge on any atom is 0.234 e. The standard InChI is InChI=1S/C17H15N5OS3/c1-8-9(2)25-17-14(8)16(18-10(3)19-17)24-7-13(23)20-11-5-4-6-12-15(11)22-26-21-12/h4-6H,7H2,1-3H3,(H,20,23). The summed E-state index contributed by atoms with van der Waals surface area (Å²) in [7, 11) is 0. The summed E-state index contributed by atoms with van der Waals surface area (Å²) in [6, 6.07) is 5.58. The largest absolute Gasteiger partial charge is 0.323 e. The van der Waals surface area contributed by atoms with Gasteiger partial charge >= 0.3 is 0 Å². The van der Waals surface area contributed by atoms with Crippen molar-refractivity contribution in [1.29, 1.82) is 0 Å². The molecule has 3 aromatic heterocycles. The van der Waals surface area contributed by atoms with Crippen molar-refractivity contribution in [3.05, 3.63) is 34.5 Å². The van der Waals surface area contributed by atoms with Crippen molar-refractivity contribution in [2.24, 2.45) is 0 Å². The Bertz CT molecular complexity index is 1130. The van der Waals surface area contributed by atoms with Gasteiger partial charge in [0.25, 0.3) is 0 Å². The molecule has 4 rings (SSSR count). The van der Waals surface area contributed by atoms with Gasteiger partial charge in [-0.15, -0.1) is 11.3 Å². The quantitative estimate of drug-likeness (QED) is 0.404. The molecule has 0 bridgehead atoms. The van der Waals surface area contributed by atoms with E-state index in [2.05, 4.69) is 37.9 Å². The molecule has 1 aromatic carbocycles. The van der Waals surface area contributed by atoms with Gasteiger partial charge in [0.15, 0.2) is 0 Å². The topological polar surface area (TPSA) is 80.7 Å². The predicted octanol–water partition coefficient (Wildman–Crippen LogP) is 4.35. The third-order valence-electron chi connectivity index (χ3n) is 4.01. The average molecular weight is 402 g/mol. The maximum atomic E-state index is 12.4. The van der Waals surface area contributed by atoms with Gasteiger partial charge in [-0.2, -0.15) is 8.75 Å². The summed E-state index contributed by atoms with van der Waals surface area (Å²) in [5.74, 6) is 0.901. The number of rotatable bonds is 4. The number of thiophene rings is 1. The van der Waals surface area contributed by atoms with Crippen LogP contribution in [0, 0.1) is 20.8 Å². The Morgan fingerprint density at radius 3 is 2.88 bits per heavy atom. The Hall–Kier alpha value is -2.10. The van der Waals surface area contributed by atoms with Crippen LogP contribution in [0.1, 0.15) is 16.3 Å². The average Bonchev–Trinajstić information content (AvgIpc) is 3.18. The van der Waals surface area contributed by atoms with Gasteiger partial charge < -0.3 is 5.32 Å². The van der Waals surface area contributed by atoms with Gasteiger partial charge in [0.1, 0.15) is 26.7 Å². The molecular weight excluding hydrogens is 386 g/mol. The van der Waals surface area contributed by atoms with E-state index in [4.69, 9.17) is 0 Å². The molecule has 0 spiro atoms. The van der Waals surface area contributed by atoms with E-state index in [1.165, 1.54) is 22.2 Å². The zero-order valence-electron chi connectivity index (χ0n) is 14.4. The summed E-state index contributed by atoms with van der Waals surface area (Å²) in [6.07, 6.45) is 0. The molecule has 0 atom stereocenters. The van der Waals surface area contributed by atoms with Crippen LogP contribution in [0.25, 0.3) is 21.3 Å². The number of anilines is 1. The number of hydrogen-bond donors (Lipinski definition) is 1. The molecule has 0 aliphatic rings. The lowest BCUT2D eigenvalue weighted by atomic mass is 10.2. The van der Waals surface area contributed by atoms with Crippen molar-refractivity contribution in [2.75, 3.05) is 11.1 Å². The van der Waals surface area contributed by atoms with Gasteiger partial charge in [-0.25, -0.2) is 9.97 Å². The van der Waals surface area contributed by atoms with Gasteiger partial charge in [0.05, 0.1) is 23.2 Å². The van der Waals surface area contributed by atoms with Gasteiger partial charge in [-0.05, 0) is 38.5 Å². The first-order valence-corrected chi connectivity index (χ1v) is 10.4. The second kappa shape index (κ2) is 6.90. The van der Waals surface area contributed by atoms with Crippen LogP contribution in [-0.4, -0.2) is 30.4 Å². The molecule has 0 fully saturated rings. The summed E-state index contributed by atoms with van der Waals surface area (Å²) in [5.41, 5.74) is 3.39. The first-order chi connectivity index (χ1) is 12.5. The number of carbonyl (C=O) groups excluding carboxylic acids is 1. The first-order valence-electron chi connectivity index (χ1n) is 7.91. The minimum absolute atomic E-state index is 0.0930. The SMILES string of the molecule is Cc1nc(SCC(=O)Nc2cccc3nsnc23)c2c(C)c(C)sc2n1. The highest BCUT2D eigenvalue weighted by Crippen LogP contribution is 2.35. The van der Waals surface area contributed by atoms with Gasteiger partial charge in [-0.3, -0.25) is 4.79 Å².